The summed E-state index contributed by atoms with van der Waals surface area (Å²) in [5.74, 6) is 0.307. The number of benzene rings is 1. The second kappa shape index (κ2) is 10.8. The molecule has 1 aliphatic rings. The number of rotatable bonds is 9. The van der Waals surface area contributed by atoms with E-state index in [9.17, 15) is 9.90 Å². The highest BCUT2D eigenvalue weighted by atomic mass is 35.5. The van der Waals surface area contributed by atoms with Crippen LogP contribution in [0.3, 0.4) is 0 Å². The molecule has 2 heterocycles. The highest BCUT2D eigenvalue weighted by Crippen LogP contribution is 2.36. The van der Waals surface area contributed by atoms with Crippen molar-refractivity contribution in [2.75, 3.05) is 30.0 Å². The van der Waals surface area contributed by atoms with Crippen molar-refractivity contribution in [2.24, 2.45) is 5.92 Å². The molecule has 168 valence electrons. The van der Waals surface area contributed by atoms with E-state index < -0.39 is 5.97 Å². The molecule has 0 amide bonds. The van der Waals surface area contributed by atoms with E-state index in [4.69, 9.17) is 16.3 Å². The van der Waals surface area contributed by atoms with Crippen molar-refractivity contribution in [3.8, 4) is 0 Å². The highest BCUT2D eigenvalue weighted by molar-refractivity contribution is 6.30. The van der Waals surface area contributed by atoms with E-state index in [1.165, 1.54) is 0 Å². The number of carboxylic acids is 1. The van der Waals surface area contributed by atoms with Crippen molar-refractivity contribution < 1.29 is 14.6 Å². The van der Waals surface area contributed by atoms with Gasteiger partial charge in [-0.05, 0) is 54.5 Å². The van der Waals surface area contributed by atoms with Gasteiger partial charge in [0.1, 0.15) is 5.82 Å². The molecule has 0 bridgehead atoms. The number of nitrogens with one attached hydrogen (secondary N) is 1. The first-order chi connectivity index (χ1) is 14.8. The highest BCUT2D eigenvalue weighted by Gasteiger charge is 2.25. The Morgan fingerprint density at radius 3 is 2.61 bits per heavy atom. The van der Waals surface area contributed by atoms with Gasteiger partial charge in [-0.25, -0.2) is 4.98 Å². The van der Waals surface area contributed by atoms with E-state index in [-0.39, 0.29) is 12.3 Å². The Morgan fingerprint density at radius 1 is 1.26 bits per heavy atom. The van der Waals surface area contributed by atoms with Gasteiger partial charge in [-0.1, -0.05) is 38.4 Å². The fourth-order valence-electron chi connectivity index (χ4n) is 4.01. The number of hydrogen-bond acceptors (Lipinski definition) is 5. The van der Waals surface area contributed by atoms with Gasteiger partial charge >= 0.3 is 5.97 Å². The third-order valence-electron chi connectivity index (χ3n) is 5.56. The van der Waals surface area contributed by atoms with Crippen LogP contribution in [0.1, 0.15) is 51.5 Å². The minimum Gasteiger partial charge on any atom is -0.481 e. The molecule has 0 saturated carbocycles. The van der Waals surface area contributed by atoms with Crippen molar-refractivity contribution in [3.05, 3.63) is 47.1 Å². The van der Waals surface area contributed by atoms with Gasteiger partial charge in [0, 0.05) is 32.0 Å². The van der Waals surface area contributed by atoms with Crippen molar-refractivity contribution in [3.63, 3.8) is 0 Å². The number of carbonyl (C=O) groups is 1. The average Bonchev–Trinajstić information content (AvgIpc) is 2.74. The van der Waals surface area contributed by atoms with Crippen LogP contribution < -0.4 is 10.2 Å². The number of ether oxygens (including phenoxy) is 1. The van der Waals surface area contributed by atoms with E-state index in [1.807, 2.05) is 13.0 Å². The summed E-state index contributed by atoms with van der Waals surface area (Å²) in [6, 6.07) is 10.3. The topological polar surface area (TPSA) is 74.7 Å². The SMILES string of the molecule is CC(C)CN(c1ccc(C(C)CC(=O)O)cc1Nc1ccc(Cl)cn1)C1CCOCC1. The average molecular weight is 446 g/mol. The summed E-state index contributed by atoms with van der Waals surface area (Å²) < 4.78 is 5.59. The standard InChI is InChI=1S/C24H32ClN3O3/c1-16(2)15-28(20-8-10-31-11-9-20)22-6-4-18(17(3)12-24(29)30)13-21(22)27-23-7-5-19(25)14-26-23/h4-7,13-14,16-17,20H,8-12,15H2,1-3H3,(H,26,27)(H,29,30). The van der Waals surface area contributed by atoms with Crippen molar-refractivity contribution in [1.82, 2.24) is 4.98 Å². The number of aliphatic carboxylic acids is 1. The fraction of sp³-hybridized carbons (Fsp3) is 0.500. The summed E-state index contributed by atoms with van der Waals surface area (Å²) in [6.07, 6.45) is 3.68. The van der Waals surface area contributed by atoms with Gasteiger partial charge in [-0.3, -0.25) is 4.79 Å². The van der Waals surface area contributed by atoms with Crippen LogP contribution in [-0.4, -0.2) is 41.9 Å². The van der Waals surface area contributed by atoms with Gasteiger partial charge in [0.25, 0.3) is 0 Å². The predicted molar refractivity (Wildman–Crippen MR) is 126 cm³/mol. The van der Waals surface area contributed by atoms with Gasteiger partial charge in [0.2, 0.25) is 0 Å². The van der Waals surface area contributed by atoms with Crippen LogP contribution in [0.25, 0.3) is 0 Å². The summed E-state index contributed by atoms with van der Waals surface area (Å²) in [6.45, 7) is 8.87. The monoisotopic (exact) mass is 445 g/mol. The van der Waals surface area contributed by atoms with Crippen LogP contribution in [-0.2, 0) is 9.53 Å². The van der Waals surface area contributed by atoms with Crippen molar-refractivity contribution in [1.29, 1.82) is 0 Å². The second-order valence-electron chi connectivity index (χ2n) is 8.65. The van der Waals surface area contributed by atoms with Crippen LogP contribution in [0, 0.1) is 5.92 Å². The maximum Gasteiger partial charge on any atom is 0.303 e. The van der Waals surface area contributed by atoms with E-state index in [0.29, 0.717) is 22.8 Å². The van der Waals surface area contributed by atoms with Crippen LogP contribution in [0.5, 0.6) is 0 Å². The number of carboxylic acid groups (broad SMARTS) is 1. The Hall–Kier alpha value is -2.31. The zero-order chi connectivity index (χ0) is 22.4. The van der Waals surface area contributed by atoms with E-state index in [2.05, 4.69) is 47.2 Å². The molecule has 7 heteroatoms. The maximum atomic E-state index is 11.2. The molecule has 2 N–H and O–H groups in total. The van der Waals surface area contributed by atoms with Crippen LogP contribution in [0.2, 0.25) is 5.02 Å². The van der Waals surface area contributed by atoms with Gasteiger partial charge in [0.15, 0.2) is 0 Å². The molecule has 1 fully saturated rings. The molecule has 1 aromatic heterocycles. The summed E-state index contributed by atoms with van der Waals surface area (Å²) >= 11 is 6.00. The molecule has 6 nitrogen and oxygen atoms in total. The number of nitrogens with zero attached hydrogens (tertiary/aromatic N) is 2. The molecular formula is C24H32ClN3O3. The Morgan fingerprint density at radius 2 is 2.00 bits per heavy atom. The van der Waals surface area contributed by atoms with Crippen molar-refractivity contribution >= 4 is 34.8 Å². The zero-order valence-electron chi connectivity index (χ0n) is 18.5. The van der Waals surface area contributed by atoms with E-state index in [0.717, 1.165) is 49.5 Å². The van der Waals surface area contributed by atoms with Crippen LogP contribution in [0.4, 0.5) is 17.2 Å². The third kappa shape index (κ3) is 6.58. The molecular weight excluding hydrogens is 414 g/mol. The third-order valence-corrected chi connectivity index (χ3v) is 5.79. The van der Waals surface area contributed by atoms with Gasteiger partial charge < -0.3 is 20.1 Å². The Balaban J connectivity index is 2.00. The first-order valence-corrected chi connectivity index (χ1v) is 11.3. The Bertz CT molecular complexity index is 867. The maximum absolute atomic E-state index is 11.2. The van der Waals surface area contributed by atoms with Gasteiger partial charge in [-0.2, -0.15) is 0 Å². The molecule has 1 aromatic carbocycles. The molecule has 1 atom stereocenters. The normalized spacial score (nSPS) is 15.6. The first kappa shape index (κ1) is 23.4. The minimum atomic E-state index is -0.797. The van der Waals surface area contributed by atoms with E-state index in [1.54, 1.807) is 12.3 Å². The number of hydrogen-bond donors (Lipinski definition) is 2. The van der Waals surface area contributed by atoms with Crippen LogP contribution in [0.15, 0.2) is 36.5 Å². The lowest BCUT2D eigenvalue weighted by Crippen LogP contribution is -2.42. The number of pyridine rings is 1. The summed E-state index contributed by atoms with van der Waals surface area (Å²) in [4.78, 5) is 18.1. The molecule has 1 unspecified atom stereocenters. The van der Waals surface area contributed by atoms with Crippen molar-refractivity contribution in [2.45, 2.75) is 52.0 Å². The quantitative estimate of drug-likeness (QED) is 0.515. The molecule has 1 saturated heterocycles. The molecule has 3 rings (SSSR count). The summed E-state index contributed by atoms with van der Waals surface area (Å²) in [7, 11) is 0. The molecule has 0 radical (unpaired) electrons. The number of halogens is 1. The van der Waals surface area contributed by atoms with Gasteiger partial charge in [-0.15, -0.1) is 0 Å². The summed E-state index contributed by atoms with van der Waals surface area (Å²) in [5.41, 5.74) is 3.01. The molecule has 31 heavy (non-hydrogen) atoms. The fourth-order valence-corrected chi connectivity index (χ4v) is 4.12. The predicted octanol–water partition coefficient (Wildman–Crippen LogP) is 5.70. The Kier molecular flexibility index (Phi) is 8.15. The van der Waals surface area contributed by atoms with Crippen LogP contribution >= 0.6 is 11.6 Å². The lowest BCUT2D eigenvalue weighted by Gasteiger charge is -2.38. The summed E-state index contributed by atoms with van der Waals surface area (Å²) in [5, 5.41) is 13.3. The Labute approximate surface area is 189 Å². The largest absolute Gasteiger partial charge is 0.481 e. The lowest BCUT2D eigenvalue weighted by molar-refractivity contribution is -0.137. The van der Waals surface area contributed by atoms with Gasteiger partial charge in [0.05, 0.1) is 22.8 Å². The smallest absolute Gasteiger partial charge is 0.303 e. The second-order valence-corrected chi connectivity index (χ2v) is 9.09. The zero-order valence-corrected chi connectivity index (χ0v) is 19.2. The molecule has 0 aliphatic carbocycles. The molecule has 1 aliphatic heterocycles. The number of anilines is 3. The minimum absolute atomic E-state index is 0.0908. The van der Waals surface area contributed by atoms with E-state index >= 15 is 0 Å². The lowest BCUT2D eigenvalue weighted by atomic mass is 9.95. The number of aromatic nitrogens is 1. The molecule has 0 spiro atoms. The first-order valence-electron chi connectivity index (χ1n) is 10.9. The molecule has 2 aromatic rings.